The molecular weight excluding hydrogens is 246 g/mol. The third-order valence-corrected chi connectivity index (χ3v) is 4.75. The van der Waals surface area contributed by atoms with E-state index >= 15 is 0 Å². The first-order chi connectivity index (χ1) is 9.88. The van der Waals surface area contributed by atoms with Crippen molar-refractivity contribution in [2.75, 3.05) is 0 Å². The van der Waals surface area contributed by atoms with Gasteiger partial charge in [-0.05, 0) is 19.3 Å². The Kier molecular flexibility index (Phi) is 4.66. The van der Waals surface area contributed by atoms with E-state index in [0.29, 0.717) is 5.92 Å². The highest BCUT2D eigenvalue weighted by Gasteiger charge is 2.22. The van der Waals surface area contributed by atoms with Gasteiger partial charge in [0.05, 0.1) is 5.69 Å². The molecule has 2 heterocycles. The number of nitrogens with zero attached hydrogens (tertiary/aromatic N) is 2. The van der Waals surface area contributed by atoms with Crippen LogP contribution in [0.2, 0.25) is 0 Å². The van der Waals surface area contributed by atoms with E-state index in [1.807, 2.05) is 0 Å². The van der Waals surface area contributed by atoms with Crippen molar-refractivity contribution in [3.05, 3.63) is 22.8 Å². The molecule has 3 heteroatoms. The molecule has 1 fully saturated rings. The van der Waals surface area contributed by atoms with Crippen LogP contribution in [0.5, 0.6) is 0 Å². The summed E-state index contributed by atoms with van der Waals surface area (Å²) >= 11 is 0. The van der Waals surface area contributed by atoms with Gasteiger partial charge in [-0.2, -0.15) is 0 Å². The molecule has 1 aromatic heterocycles. The maximum absolute atomic E-state index is 4.98. The average molecular weight is 273 g/mol. The standard InChI is InChI=1S/C17H27N3/c1-2-8-15-14-11-18-12-16(14)20-17(19-15)13-9-6-4-3-5-7-10-13/h13,18H,2-12H2,1H3. The smallest absolute Gasteiger partial charge is 0.132 e. The van der Waals surface area contributed by atoms with Gasteiger partial charge < -0.3 is 5.32 Å². The molecule has 0 saturated heterocycles. The average Bonchev–Trinajstić information content (AvgIpc) is 2.87. The van der Waals surface area contributed by atoms with Crippen molar-refractivity contribution >= 4 is 0 Å². The highest BCUT2D eigenvalue weighted by atomic mass is 15.0. The lowest BCUT2D eigenvalue weighted by Crippen LogP contribution is -2.12. The molecule has 1 aromatic rings. The van der Waals surface area contributed by atoms with E-state index in [1.165, 1.54) is 68.3 Å². The minimum absolute atomic E-state index is 0.608. The maximum Gasteiger partial charge on any atom is 0.132 e. The summed E-state index contributed by atoms with van der Waals surface area (Å²) in [6.45, 7) is 4.15. The molecule has 1 aliphatic carbocycles. The van der Waals surface area contributed by atoms with E-state index in [4.69, 9.17) is 9.97 Å². The summed E-state index contributed by atoms with van der Waals surface area (Å²) in [5.74, 6) is 1.76. The second kappa shape index (κ2) is 6.66. The van der Waals surface area contributed by atoms with E-state index in [-0.39, 0.29) is 0 Å². The molecular formula is C17H27N3. The predicted octanol–water partition coefficient (Wildman–Crippen LogP) is 3.86. The zero-order valence-corrected chi connectivity index (χ0v) is 12.7. The van der Waals surface area contributed by atoms with Crippen molar-refractivity contribution in [1.29, 1.82) is 0 Å². The topological polar surface area (TPSA) is 37.8 Å². The Morgan fingerprint density at radius 2 is 1.75 bits per heavy atom. The van der Waals surface area contributed by atoms with Gasteiger partial charge >= 0.3 is 0 Å². The molecule has 110 valence electrons. The third-order valence-electron chi connectivity index (χ3n) is 4.75. The summed E-state index contributed by atoms with van der Waals surface area (Å²) in [6.07, 6.45) is 11.8. The molecule has 3 rings (SSSR count). The van der Waals surface area contributed by atoms with Crippen LogP contribution in [0.15, 0.2) is 0 Å². The van der Waals surface area contributed by atoms with Crippen LogP contribution in [0.3, 0.4) is 0 Å². The number of aromatic nitrogens is 2. The fourth-order valence-electron chi connectivity index (χ4n) is 3.60. The Hall–Kier alpha value is -0.960. The van der Waals surface area contributed by atoms with Crippen LogP contribution in [0.25, 0.3) is 0 Å². The van der Waals surface area contributed by atoms with Gasteiger partial charge in [0.15, 0.2) is 0 Å². The van der Waals surface area contributed by atoms with Crippen LogP contribution in [-0.4, -0.2) is 9.97 Å². The van der Waals surface area contributed by atoms with Gasteiger partial charge in [-0.25, -0.2) is 9.97 Å². The Morgan fingerprint density at radius 3 is 2.50 bits per heavy atom. The molecule has 1 aliphatic heterocycles. The summed E-state index contributed by atoms with van der Waals surface area (Å²) in [5.41, 5.74) is 3.99. The first-order valence-electron chi connectivity index (χ1n) is 8.47. The monoisotopic (exact) mass is 273 g/mol. The van der Waals surface area contributed by atoms with Gasteiger partial charge in [0, 0.05) is 30.3 Å². The van der Waals surface area contributed by atoms with Gasteiger partial charge in [-0.1, -0.05) is 45.4 Å². The molecule has 0 bridgehead atoms. The number of hydrogen-bond donors (Lipinski definition) is 1. The van der Waals surface area contributed by atoms with Gasteiger partial charge in [0.1, 0.15) is 5.82 Å². The fraction of sp³-hybridized carbons (Fsp3) is 0.765. The zero-order valence-electron chi connectivity index (χ0n) is 12.7. The van der Waals surface area contributed by atoms with Crippen molar-refractivity contribution in [3.8, 4) is 0 Å². The lowest BCUT2D eigenvalue weighted by Gasteiger charge is -2.20. The number of aryl methyl sites for hydroxylation is 1. The van der Waals surface area contributed by atoms with Crippen molar-refractivity contribution in [1.82, 2.24) is 15.3 Å². The maximum atomic E-state index is 4.98. The van der Waals surface area contributed by atoms with E-state index in [1.54, 1.807) is 0 Å². The van der Waals surface area contributed by atoms with Gasteiger partial charge in [0.2, 0.25) is 0 Å². The van der Waals surface area contributed by atoms with Crippen LogP contribution in [0.1, 0.15) is 87.0 Å². The van der Waals surface area contributed by atoms with E-state index in [2.05, 4.69) is 12.2 Å². The van der Waals surface area contributed by atoms with Crippen LogP contribution < -0.4 is 5.32 Å². The molecule has 0 aromatic carbocycles. The van der Waals surface area contributed by atoms with Crippen LogP contribution in [-0.2, 0) is 19.5 Å². The summed E-state index contributed by atoms with van der Waals surface area (Å²) in [7, 11) is 0. The Balaban J connectivity index is 1.86. The second-order valence-electron chi connectivity index (χ2n) is 6.35. The van der Waals surface area contributed by atoms with E-state index in [9.17, 15) is 0 Å². The van der Waals surface area contributed by atoms with E-state index in [0.717, 1.165) is 25.3 Å². The highest BCUT2D eigenvalue weighted by molar-refractivity contribution is 5.30. The van der Waals surface area contributed by atoms with Crippen molar-refractivity contribution < 1.29 is 0 Å². The second-order valence-corrected chi connectivity index (χ2v) is 6.35. The van der Waals surface area contributed by atoms with Crippen molar-refractivity contribution in [3.63, 3.8) is 0 Å². The molecule has 1 saturated carbocycles. The molecule has 0 radical (unpaired) electrons. The number of rotatable bonds is 3. The van der Waals surface area contributed by atoms with Crippen molar-refractivity contribution in [2.45, 2.75) is 83.7 Å². The molecule has 0 amide bonds. The van der Waals surface area contributed by atoms with Crippen LogP contribution in [0.4, 0.5) is 0 Å². The SMILES string of the molecule is CCCc1nc(C2CCCCCCC2)nc2c1CNC2. The zero-order chi connectivity index (χ0) is 13.8. The third kappa shape index (κ3) is 3.03. The van der Waals surface area contributed by atoms with Crippen LogP contribution in [0, 0.1) is 0 Å². The Bertz CT molecular complexity index is 448. The summed E-state index contributed by atoms with van der Waals surface area (Å²) < 4.78 is 0. The fourth-order valence-corrected chi connectivity index (χ4v) is 3.60. The predicted molar refractivity (Wildman–Crippen MR) is 81.6 cm³/mol. The Labute approximate surface area is 122 Å². The summed E-state index contributed by atoms with van der Waals surface area (Å²) in [6, 6.07) is 0. The molecule has 0 unspecified atom stereocenters. The number of hydrogen-bond acceptors (Lipinski definition) is 3. The quantitative estimate of drug-likeness (QED) is 0.908. The van der Waals surface area contributed by atoms with Crippen molar-refractivity contribution in [2.24, 2.45) is 0 Å². The lowest BCUT2D eigenvalue weighted by atomic mass is 9.90. The molecule has 3 nitrogen and oxygen atoms in total. The molecule has 20 heavy (non-hydrogen) atoms. The highest BCUT2D eigenvalue weighted by Crippen LogP contribution is 2.30. The summed E-state index contributed by atoms with van der Waals surface area (Å²) in [4.78, 5) is 9.90. The largest absolute Gasteiger partial charge is 0.307 e. The first kappa shape index (κ1) is 14.0. The summed E-state index contributed by atoms with van der Waals surface area (Å²) in [5, 5.41) is 3.44. The molecule has 2 aliphatic rings. The van der Waals surface area contributed by atoms with Crippen LogP contribution >= 0.6 is 0 Å². The lowest BCUT2D eigenvalue weighted by molar-refractivity contribution is 0.440. The molecule has 1 N–H and O–H groups in total. The molecule has 0 atom stereocenters. The van der Waals surface area contributed by atoms with Gasteiger partial charge in [-0.15, -0.1) is 0 Å². The van der Waals surface area contributed by atoms with E-state index < -0.39 is 0 Å². The Morgan fingerprint density at radius 1 is 1.00 bits per heavy atom. The molecule has 0 spiro atoms. The first-order valence-corrected chi connectivity index (χ1v) is 8.47. The minimum atomic E-state index is 0.608. The minimum Gasteiger partial charge on any atom is -0.307 e. The van der Waals surface area contributed by atoms with Gasteiger partial charge in [-0.3, -0.25) is 0 Å². The van der Waals surface area contributed by atoms with Gasteiger partial charge in [0.25, 0.3) is 0 Å². The number of fused-ring (bicyclic) bond motifs is 1. The number of nitrogens with one attached hydrogen (secondary N) is 1. The normalized spacial score (nSPS) is 20.4.